The topological polar surface area (TPSA) is 95.9 Å². The van der Waals surface area contributed by atoms with Crippen LogP contribution in [0.1, 0.15) is 258 Å². The molecule has 0 fully saturated rings. The van der Waals surface area contributed by atoms with E-state index < -0.39 is 18.2 Å². The second-order valence-electron chi connectivity index (χ2n) is 16.5. The SMILES string of the molecule is CCC/C=C\CCCCCCCC(=O)OC(CCCCCCCCCCCCCC)CC(=O)NC(CO)C(O)CCCCCCCCCCCCCCC. The minimum Gasteiger partial charge on any atom is -0.462 e. The summed E-state index contributed by atoms with van der Waals surface area (Å²) in [6, 6.07) is -0.694. The molecule has 0 aromatic carbocycles. The highest BCUT2D eigenvalue weighted by Crippen LogP contribution is 2.18. The fourth-order valence-electron chi connectivity index (χ4n) is 7.43. The first-order valence-electron chi connectivity index (χ1n) is 23.9. The van der Waals surface area contributed by atoms with Gasteiger partial charge in [0.05, 0.1) is 25.2 Å². The van der Waals surface area contributed by atoms with Crippen LogP contribution in [0.2, 0.25) is 0 Å². The predicted octanol–water partition coefficient (Wildman–Crippen LogP) is 13.8. The van der Waals surface area contributed by atoms with E-state index in [1.54, 1.807) is 0 Å². The Morgan fingerprint density at radius 1 is 0.519 bits per heavy atom. The second kappa shape index (κ2) is 42.7. The fourth-order valence-corrected chi connectivity index (χ4v) is 7.43. The van der Waals surface area contributed by atoms with E-state index in [9.17, 15) is 19.8 Å². The monoisotopic (exact) mass is 764 g/mol. The van der Waals surface area contributed by atoms with Gasteiger partial charge in [0.1, 0.15) is 6.10 Å². The van der Waals surface area contributed by atoms with Gasteiger partial charge in [-0.2, -0.15) is 0 Å². The normalized spacial score (nSPS) is 13.4. The van der Waals surface area contributed by atoms with Crippen LogP contribution >= 0.6 is 0 Å². The summed E-state index contributed by atoms with van der Waals surface area (Å²) in [5.74, 6) is -0.474. The van der Waals surface area contributed by atoms with Gasteiger partial charge in [0.15, 0.2) is 0 Å². The number of allylic oxidation sites excluding steroid dienone is 2. The lowest BCUT2D eigenvalue weighted by Gasteiger charge is -2.24. The number of unbranched alkanes of at least 4 members (excludes halogenated alkanes) is 29. The number of nitrogens with one attached hydrogen (secondary N) is 1. The van der Waals surface area contributed by atoms with Crippen LogP contribution in [-0.4, -0.2) is 46.9 Å². The number of carbonyl (C=O) groups excluding carboxylic acids is 2. The predicted molar refractivity (Wildman–Crippen MR) is 232 cm³/mol. The van der Waals surface area contributed by atoms with Crippen molar-refractivity contribution in [2.24, 2.45) is 0 Å². The van der Waals surface area contributed by atoms with Crippen LogP contribution in [0.25, 0.3) is 0 Å². The van der Waals surface area contributed by atoms with Crippen molar-refractivity contribution in [3.05, 3.63) is 12.2 Å². The lowest BCUT2D eigenvalue weighted by atomic mass is 10.0. The smallest absolute Gasteiger partial charge is 0.306 e. The van der Waals surface area contributed by atoms with Crippen LogP contribution in [0.3, 0.4) is 0 Å². The van der Waals surface area contributed by atoms with Crippen molar-refractivity contribution in [2.75, 3.05) is 6.61 Å². The summed E-state index contributed by atoms with van der Waals surface area (Å²) in [4.78, 5) is 26.0. The first-order chi connectivity index (χ1) is 26.5. The average Bonchev–Trinajstić information content (AvgIpc) is 3.16. The zero-order valence-corrected chi connectivity index (χ0v) is 36.4. The third kappa shape index (κ3) is 37.5. The highest BCUT2D eigenvalue weighted by atomic mass is 16.5. The largest absolute Gasteiger partial charge is 0.462 e. The third-order valence-corrected chi connectivity index (χ3v) is 11.1. The summed E-state index contributed by atoms with van der Waals surface area (Å²) in [5.41, 5.74) is 0. The van der Waals surface area contributed by atoms with Crippen molar-refractivity contribution in [1.29, 1.82) is 0 Å². The van der Waals surface area contributed by atoms with Crippen LogP contribution in [0.15, 0.2) is 12.2 Å². The molecule has 3 N–H and O–H groups in total. The van der Waals surface area contributed by atoms with Crippen molar-refractivity contribution in [2.45, 2.75) is 277 Å². The van der Waals surface area contributed by atoms with Gasteiger partial charge in [-0.15, -0.1) is 0 Å². The Morgan fingerprint density at radius 3 is 1.39 bits per heavy atom. The second-order valence-corrected chi connectivity index (χ2v) is 16.5. The molecule has 6 nitrogen and oxygen atoms in total. The van der Waals surface area contributed by atoms with Crippen molar-refractivity contribution < 1.29 is 24.5 Å². The van der Waals surface area contributed by atoms with Gasteiger partial charge in [-0.25, -0.2) is 0 Å². The number of rotatable bonds is 43. The first kappa shape index (κ1) is 52.6. The van der Waals surface area contributed by atoms with E-state index in [2.05, 4.69) is 38.2 Å². The molecule has 0 heterocycles. The summed E-state index contributed by atoms with van der Waals surface area (Å²) in [6.07, 6.45) is 45.5. The Morgan fingerprint density at radius 2 is 0.926 bits per heavy atom. The minimum absolute atomic E-state index is 0.0806. The molecule has 320 valence electrons. The van der Waals surface area contributed by atoms with Crippen molar-refractivity contribution in [1.82, 2.24) is 5.32 Å². The molecule has 0 spiro atoms. The van der Waals surface area contributed by atoms with E-state index in [-0.39, 0.29) is 24.9 Å². The van der Waals surface area contributed by atoms with Gasteiger partial charge in [-0.3, -0.25) is 9.59 Å². The Bertz CT molecular complexity index is 817. The molecule has 3 unspecified atom stereocenters. The van der Waals surface area contributed by atoms with Crippen molar-refractivity contribution in [3.8, 4) is 0 Å². The number of esters is 1. The molecule has 0 saturated heterocycles. The third-order valence-electron chi connectivity index (χ3n) is 11.1. The van der Waals surface area contributed by atoms with Crippen LogP contribution in [0.4, 0.5) is 0 Å². The number of hydrogen-bond acceptors (Lipinski definition) is 5. The standard InChI is InChI=1S/C48H93NO5/c1-4-7-10-13-16-19-22-24-26-28-31-34-37-40-46(51)45(43-50)49-47(52)42-44(39-36-33-30-27-25-23-20-17-14-11-8-5-2)54-48(53)41-38-35-32-29-21-18-15-12-9-6-3/h12,15,44-46,50-51H,4-11,13-14,16-43H2,1-3H3,(H,49,52)/b15-12-. The Hall–Kier alpha value is -1.40. The van der Waals surface area contributed by atoms with Crippen molar-refractivity contribution >= 4 is 11.9 Å². The summed E-state index contributed by atoms with van der Waals surface area (Å²) < 4.78 is 5.90. The van der Waals surface area contributed by atoms with Gasteiger partial charge in [0, 0.05) is 6.42 Å². The first-order valence-corrected chi connectivity index (χ1v) is 23.9. The number of hydrogen-bond donors (Lipinski definition) is 3. The highest BCUT2D eigenvalue weighted by Gasteiger charge is 2.24. The lowest BCUT2D eigenvalue weighted by molar-refractivity contribution is -0.151. The fraction of sp³-hybridized carbons (Fsp3) is 0.917. The number of aliphatic hydroxyl groups excluding tert-OH is 2. The molecular weight excluding hydrogens is 671 g/mol. The Labute approximate surface area is 336 Å². The van der Waals surface area contributed by atoms with E-state index in [0.29, 0.717) is 19.3 Å². The molecule has 0 radical (unpaired) electrons. The quantitative estimate of drug-likeness (QED) is 0.0326. The summed E-state index contributed by atoms with van der Waals surface area (Å²) in [7, 11) is 0. The average molecular weight is 764 g/mol. The molecule has 0 bridgehead atoms. The Kier molecular flexibility index (Phi) is 41.6. The van der Waals surface area contributed by atoms with Gasteiger partial charge in [-0.1, -0.05) is 213 Å². The van der Waals surface area contributed by atoms with Gasteiger partial charge < -0.3 is 20.3 Å². The Balaban J connectivity index is 4.53. The van der Waals surface area contributed by atoms with E-state index in [4.69, 9.17) is 4.74 Å². The molecule has 6 heteroatoms. The number of aliphatic hydroxyl groups is 2. The van der Waals surface area contributed by atoms with Gasteiger partial charge in [-0.05, 0) is 44.9 Å². The van der Waals surface area contributed by atoms with Gasteiger partial charge >= 0.3 is 5.97 Å². The lowest BCUT2D eigenvalue weighted by Crippen LogP contribution is -2.46. The summed E-state index contributed by atoms with van der Waals surface area (Å²) in [6.45, 7) is 6.43. The van der Waals surface area contributed by atoms with Gasteiger partial charge in [0.25, 0.3) is 0 Å². The molecule has 3 atom stereocenters. The molecule has 1 amide bonds. The van der Waals surface area contributed by atoms with Crippen molar-refractivity contribution in [3.63, 3.8) is 0 Å². The molecule has 0 aliphatic rings. The number of carbonyl (C=O) groups is 2. The van der Waals surface area contributed by atoms with Crippen LogP contribution in [0.5, 0.6) is 0 Å². The maximum Gasteiger partial charge on any atom is 0.306 e. The van der Waals surface area contributed by atoms with E-state index >= 15 is 0 Å². The van der Waals surface area contributed by atoms with Crippen LogP contribution in [0, 0.1) is 0 Å². The number of amides is 1. The molecule has 0 aliphatic heterocycles. The minimum atomic E-state index is -0.781. The van der Waals surface area contributed by atoms with E-state index in [1.807, 2.05) is 0 Å². The molecule has 0 saturated carbocycles. The summed E-state index contributed by atoms with van der Waals surface area (Å²) >= 11 is 0. The van der Waals surface area contributed by atoms with Crippen LogP contribution in [-0.2, 0) is 14.3 Å². The molecule has 0 aromatic heterocycles. The molecule has 0 aromatic rings. The molecule has 0 rings (SSSR count). The van der Waals surface area contributed by atoms with E-state index in [1.165, 1.54) is 154 Å². The van der Waals surface area contributed by atoms with Gasteiger partial charge in [0.2, 0.25) is 5.91 Å². The zero-order valence-electron chi connectivity index (χ0n) is 36.4. The molecule has 54 heavy (non-hydrogen) atoms. The number of ether oxygens (including phenoxy) is 1. The molecule has 0 aliphatic carbocycles. The zero-order chi connectivity index (χ0) is 39.6. The summed E-state index contributed by atoms with van der Waals surface area (Å²) in [5, 5.41) is 23.7. The molecular formula is C48H93NO5. The maximum atomic E-state index is 13.1. The highest BCUT2D eigenvalue weighted by molar-refractivity contribution is 5.77. The maximum absolute atomic E-state index is 13.1. The van der Waals surface area contributed by atoms with E-state index in [0.717, 1.165) is 57.8 Å². The van der Waals surface area contributed by atoms with Crippen LogP contribution < -0.4 is 5.32 Å².